The molecule has 2 aliphatic rings. The van der Waals surface area contributed by atoms with Crippen molar-refractivity contribution in [1.29, 1.82) is 0 Å². The van der Waals surface area contributed by atoms with Crippen molar-refractivity contribution in [2.75, 3.05) is 13.1 Å². The maximum absolute atomic E-state index is 11.9. The average Bonchev–Trinajstić information content (AvgIpc) is 2.72. The molecule has 1 saturated heterocycles. The van der Waals surface area contributed by atoms with E-state index < -0.39 is 0 Å². The Kier molecular flexibility index (Phi) is 1.99. The van der Waals surface area contributed by atoms with E-state index in [1.54, 1.807) is 0 Å². The maximum atomic E-state index is 11.9. The van der Waals surface area contributed by atoms with Gasteiger partial charge in [-0.05, 0) is 34.6 Å². The smallest absolute Gasteiger partial charge is 0.244 e. The number of nitrogens with zero attached hydrogens (tertiary/aromatic N) is 5. The Morgan fingerprint density at radius 1 is 1.62 bits per heavy atom. The Hall–Kier alpha value is -1.46. The molecule has 1 aromatic rings. The topological polar surface area (TPSA) is 63.9 Å². The second kappa shape index (κ2) is 3.26. The van der Waals surface area contributed by atoms with Crippen LogP contribution in [0.3, 0.4) is 0 Å². The first-order valence-electron chi connectivity index (χ1n) is 5.72. The molecule has 0 radical (unpaired) electrons. The number of piperidine rings is 1. The Balaban J connectivity index is 1.61. The second-order valence-electron chi connectivity index (χ2n) is 4.90. The van der Waals surface area contributed by atoms with E-state index in [1.807, 2.05) is 4.90 Å². The summed E-state index contributed by atoms with van der Waals surface area (Å²) in [5, 5.41) is 10.7. The molecule has 0 N–H and O–H groups in total. The molecule has 2 heterocycles. The van der Waals surface area contributed by atoms with Crippen LogP contribution in [0.4, 0.5) is 0 Å². The first-order valence-corrected chi connectivity index (χ1v) is 5.72. The summed E-state index contributed by atoms with van der Waals surface area (Å²) >= 11 is 0. The lowest BCUT2D eigenvalue weighted by Crippen LogP contribution is -2.34. The van der Waals surface area contributed by atoms with Crippen LogP contribution in [-0.2, 0) is 11.3 Å². The number of rotatable bonds is 3. The lowest BCUT2D eigenvalue weighted by atomic mass is 10.0. The van der Waals surface area contributed by atoms with Gasteiger partial charge in [-0.25, -0.2) is 4.68 Å². The molecule has 6 nitrogen and oxygen atoms in total. The summed E-state index contributed by atoms with van der Waals surface area (Å²) in [5.74, 6) is 0.877. The molecule has 1 aliphatic carbocycles. The SMILES string of the molecule is CCC12CC1CN(C(=O)Cn1cnnn1)C2. The van der Waals surface area contributed by atoms with Crippen molar-refractivity contribution < 1.29 is 4.79 Å². The number of amides is 1. The van der Waals surface area contributed by atoms with Crippen LogP contribution in [0, 0.1) is 11.3 Å². The lowest BCUT2D eigenvalue weighted by Gasteiger charge is -2.20. The highest BCUT2D eigenvalue weighted by Crippen LogP contribution is 2.59. The number of carbonyl (C=O) groups is 1. The molecule has 1 amide bonds. The number of tetrazole rings is 1. The van der Waals surface area contributed by atoms with E-state index in [9.17, 15) is 4.79 Å². The number of hydrogen-bond donors (Lipinski definition) is 0. The van der Waals surface area contributed by atoms with E-state index in [1.165, 1.54) is 23.9 Å². The van der Waals surface area contributed by atoms with Crippen molar-refractivity contribution in [2.24, 2.45) is 11.3 Å². The third-order valence-corrected chi connectivity index (χ3v) is 4.05. The minimum Gasteiger partial charge on any atom is -0.340 e. The molecule has 2 fully saturated rings. The Labute approximate surface area is 93.6 Å². The average molecular weight is 221 g/mol. The summed E-state index contributed by atoms with van der Waals surface area (Å²) in [7, 11) is 0. The van der Waals surface area contributed by atoms with Crippen molar-refractivity contribution in [3.05, 3.63) is 6.33 Å². The zero-order valence-corrected chi connectivity index (χ0v) is 9.33. The van der Waals surface area contributed by atoms with Gasteiger partial charge in [-0.2, -0.15) is 0 Å². The Bertz CT molecular complexity index is 399. The quantitative estimate of drug-likeness (QED) is 0.716. The van der Waals surface area contributed by atoms with Crippen molar-refractivity contribution in [3.8, 4) is 0 Å². The molecular weight excluding hydrogens is 206 g/mol. The molecular formula is C10H15N5O. The zero-order valence-electron chi connectivity index (χ0n) is 9.33. The molecule has 3 rings (SSSR count). The third-order valence-electron chi connectivity index (χ3n) is 4.05. The van der Waals surface area contributed by atoms with Gasteiger partial charge in [0.15, 0.2) is 0 Å². The van der Waals surface area contributed by atoms with E-state index in [0.717, 1.165) is 19.0 Å². The van der Waals surface area contributed by atoms with Crippen LogP contribution < -0.4 is 0 Å². The van der Waals surface area contributed by atoms with Crippen LogP contribution in [0.5, 0.6) is 0 Å². The molecule has 0 bridgehead atoms. The normalized spacial score (nSPS) is 31.6. The van der Waals surface area contributed by atoms with Crippen molar-refractivity contribution in [3.63, 3.8) is 0 Å². The summed E-state index contributed by atoms with van der Waals surface area (Å²) in [4.78, 5) is 13.9. The van der Waals surface area contributed by atoms with Gasteiger partial charge in [-0.15, -0.1) is 5.10 Å². The monoisotopic (exact) mass is 221 g/mol. The largest absolute Gasteiger partial charge is 0.340 e. The van der Waals surface area contributed by atoms with Crippen LogP contribution >= 0.6 is 0 Å². The molecule has 1 saturated carbocycles. The fourth-order valence-corrected chi connectivity index (χ4v) is 2.82. The van der Waals surface area contributed by atoms with E-state index >= 15 is 0 Å². The number of aromatic nitrogens is 4. The predicted octanol–water partition coefficient (Wildman–Crippen LogP) is -0.0684. The number of likely N-dealkylation sites (tertiary alicyclic amines) is 1. The van der Waals surface area contributed by atoms with Gasteiger partial charge in [-0.1, -0.05) is 6.92 Å². The van der Waals surface area contributed by atoms with Gasteiger partial charge in [0.2, 0.25) is 5.91 Å². The molecule has 6 heteroatoms. The Morgan fingerprint density at radius 3 is 3.12 bits per heavy atom. The minimum absolute atomic E-state index is 0.132. The van der Waals surface area contributed by atoms with E-state index in [2.05, 4.69) is 22.4 Å². The maximum Gasteiger partial charge on any atom is 0.244 e. The first kappa shape index (κ1) is 9.74. The van der Waals surface area contributed by atoms with Crippen molar-refractivity contribution >= 4 is 5.91 Å². The number of hydrogen-bond acceptors (Lipinski definition) is 4. The van der Waals surface area contributed by atoms with Crippen LogP contribution in [-0.4, -0.2) is 44.1 Å². The van der Waals surface area contributed by atoms with Crippen LogP contribution in [0.1, 0.15) is 19.8 Å². The molecule has 2 atom stereocenters. The molecule has 16 heavy (non-hydrogen) atoms. The van der Waals surface area contributed by atoms with Crippen LogP contribution in [0.25, 0.3) is 0 Å². The van der Waals surface area contributed by atoms with Gasteiger partial charge in [0.25, 0.3) is 0 Å². The number of carbonyl (C=O) groups excluding carboxylic acids is 1. The molecule has 1 aliphatic heterocycles. The van der Waals surface area contributed by atoms with Gasteiger partial charge >= 0.3 is 0 Å². The predicted molar refractivity (Wildman–Crippen MR) is 55.2 cm³/mol. The molecule has 86 valence electrons. The van der Waals surface area contributed by atoms with Crippen molar-refractivity contribution in [1.82, 2.24) is 25.1 Å². The van der Waals surface area contributed by atoms with Crippen LogP contribution in [0.2, 0.25) is 0 Å². The molecule has 0 spiro atoms. The van der Waals surface area contributed by atoms with E-state index in [0.29, 0.717) is 5.41 Å². The lowest BCUT2D eigenvalue weighted by molar-refractivity contribution is -0.131. The fraction of sp³-hybridized carbons (Fsp3) is 0.800. The summed E-state index contributed by atoms with van der Waals surface area (Å²) in [6.45, 7) is 4.33. The third kappa shape index (κ3) is 1.40. The highest BCUT2D eigenvalue weighted by Gasteiger charge is 2.59. The molecule has 0 aromatic carbocycles. The van der Waals surface area contributed by atoms with E-state index in [-0.39, 0.29) is 12.5 Å². The Morgan fingerprint density at radius 2 is 2.50 bits per heavy atom. The second-order valence-corrected chi connectivity index (χ2v) is 4.90. The minimum atomic E-state index is 0.132. The molecule has 1 aromatic heterocycles. The standard InChI is InChI=1S/C10H15N5O/c1-2-10-3-8(10)4-14(6-10)9(16)5-15-7-11-12-13-15/h7-8H,2-6H2,1H3. The zero-order chi connectivity index (χ0) is 11.2. The summed E-state index contributed by atoms with van der Waals surface area (Å²) in [6, 6.07) is 0. The van der Waals surface area contributed by atoms with Crippen LogP contribution in [0.15, 0.2) is 6.33 Å². The number of fused-ring (bicyclic) bond motifs is 1. The first-order chi connectivity index (χ1) is 7.73. The van der Waals surface area contributed by atoms with Gasteiger partial charge in [0, 0.05) is 13.1 Å². The van der Waals surface area contributed by atoms with Gasteiger partial charge in [0.05, 0.1) is 0 Å². The molecule has 2 unspecified atom stereocenters. The van der Waals surface area contributed by atoms with Gasteiger partial charge < -0.3 is 4.90 Å². The summed E-state index contributed by atoms with van der Waals surface area (Å²) in [5.41, 5.74) is 0.455. The summed E-state index contributed by atoms with van der Waals surface area (Å²) < 4.78 is 1.48. The highest BCUT2D eigenvalue weighted by molar-refractivity contribution is 5.76. The summed E-state index contributed by atoms with van der Waals surface area (Å²) in [6.07, 6.45) is 3.97. The highest BCUT2D eigenvalue weighted by atomic mass is 16.2. The van der Waals surface area contributed by atoms with Crippen molar-refractivity contribution in [2.45, 2.75) is 26.3 Å². The fourth-order valence-electron chi connectivity index (χ4n) is 2.82. The van der Waals surface area contributed by atoms with Gasteiger partial charge in [-0.3, -0.25) is 4.79 Å². The van der Waals surface area contributed by atoms with Gasteiger partial charge in [0.1, 0.15) is 12.9 Å². The van der Waals surface area contributed by atoms with E-state index in [4.69, 9.17) is 0 Å².